The van der Waals surface area contributed by atoms with Gasteiger partial charge < -0.3 is 15.0 Å². The Morgan fingerprint density at radius 3 is 2.52 bits per heavy atom. The van der Waals surface area contributed by atoms with E-state index in [4.69, 9.17) is 4.74 Å². The molecule has 0 fully saturated rings. The maximum absolute atomic E-state index is 11.7. The van der Waals surface area contributed by atoms with E-state index in [2.05, 4.69) is 27.7 Å². The molecule has 6 nitrogen and oxygen atoms in total. The van der Waals surface area contributed by atoms with Crippen LogP contribution in [0.2, 0.25) is 0 Å². The van der Waals surface area contributed by atoms with Crippen molar-refractivity contribution in [1.29, 1.82) is 0 Å². The van der Waals surface area contributed by atoms with Gasteiger partial charge in [-0.05, 0) is 24.9 Å². The smallest absolute Gasteiger partial charge is 0.321 e. The van der Waals surface area contributed by atoms with Crippen LogP contribution in [0, 0.1) is 0 Å². The van der Waals surface area contributed by atoms with Crippen LogP contribution in [0.5, 0.6) is 0 Å². The number of amides is 3. The zero-order chi connectivity index (χ0) is 16.9. The number of methoxy groups -OCH3 is 1. The molecule has 128 valence electrons. The van der Waals surface area contributed by atoms with Crippen LogP contribution in [-0.2, 0) is 16.0 Å². The van der Waals surface area contributed by atoms with E-state index in [0.29, 0.717) is 19.6 Å². The van der Waals surface area contributed by atoms with Gasteiger partial charge in [0.1, 0.15) is 0 Å². The van der Waals surface area contributed by atoms with E-state index >= 15 is 0 Å². The van der Waals surface area contributed by atoms with Gasteiger partial charge in [0.2, 0.25) is 5.91 Å². The fourth-order valence-corrected chi connectivity index (χ4v) is 2.22. The molecule has 0 atom stereocenters. The molecule has 0 radical (unpaired) electrons. The van der Waals surface area contributed by atoms with Gasteiger partial charge in [-0.25, -0.2) is 4.79 Å². The van der Waals surface area contributed by atoms with E-state index in [9.17, 15) is 9.59 Å². The first kappa shape index (κ1) is 19.1. The summed E-state index contributed by atoms with van der Waals surface area (Å²) in [6, 6.07) is 9.87. The van der Waals surface area contributed by atoms with Crippen LogP contribution in [0.4, 0.5) is 4.79 Å². The number of urea groups is 1. The Morgan fingerprint density at radius 1 is 1.13 bits per heavy atom. The average molecular weight is 321 g/mol. The number of imide groups is 1. The Morgan fingerprint density at radius 2 is 1.87 bits per heavy atom. The molecule has 0 heterocycles. The summed E-state index contributed by atoms with van der Waals surface area (Å²) in [5.41, 5.74) is 1.32. The zero-order valence-corrected chi connectivity index (χ0v) is 14.0. The predicted molar refractivity (Wildman–Crippen MR) is 90.3 cm³/mol. The molecular formula is C17H27N3O3. The summed E-state index contributed by atoms with van der Waals surface area (Å²) in [5, 5.41) is 4.64. The van der Waals surface area contributed by atoms with Crippen molar-refractivity contribution in [3.8, 4) is 0 Å². The van der Waals surface area contributed by atoms with Gasteiger partial charge in [0.05, 0.1) is 6.61 Å². The van der Waals surface area contributed by atoms with E-state index in [1.54, 1.807) is 7.11 Å². The molecule has 0 aliphatic rings. The van der Waals surface area contributed by atoms with Crippen molar-refractivity contribution in [2.24, 2.45) is 0 Å². The molecule has 2 N–H and O–H groups in total. The number of rotatable bonds is 10. The molecule has 0 bridgehead atoms. The fourth-order valence-electron chi connectivity index (χ4n) is 2.22. The molecule has 0 spiro atoms. The molecule has 1 aromatic carbocycles. The number of nitrogens with one attached hydrogen (secondary N) is 2. The molecule has 0 aromatic heterocycles. The second kappa shape index (κ2) is 11.6. The van der Waals surface area contributed by atoms with Crippen LogP contribution < -0.4 is 10.6 Å². The highest BCUT2D eigenvalue weighted by atomic mass is 16.5. The van der Waals surface area contributed by atoms with E-state index in [1.165, 1.54) is 12.6 Å². The lowest BCUT2D eigenvalue weighted by Gasteiger charge is -2.21. The van der Waals surface area contributed by atoms with Gasteiger partial charge in [-0.15, -0.1) is 0 Å². The van der Waals surface area contributed by atoms with Gasteiger partial charge in [-0.3, -0.25) is 10.1 Å². The van der Waals surface area contributed by atoms with Crippen LogP contribution in [0.25, 0.3) is 0 Å². The summed E-state index contributed by atoms with van der Waals surface area (Å²) < 4.78 is 5.12. The summed E-state index contributed by atoms with van der Waals surface area (Å²) in [6.45, 7) is 2.91. The number of carbonyl (C=O) groups is 2. The van der Waals surface area contributed by atoms with E-state index in [-0.39, 0.29) is 5.91 Å². The van der Waals surface area contributed by atoms with Gasteiger partial charge in [0.15, 0.2) is 0 Å². The van der Waals surface area contributed by atoms with Crippen LogP contribution in [0.15, 0.2) is 30.3 Å². The Kier molecular flexibility index (Phi) is 9.66. The van der Waals surface area contributed by atoms with Crippen LogP contribution in [0.1, 0.15) is 18.4 Å². The Bertz CT molecular complexity index is 465. The summed E-state index contributed by atoms with van der Waals surface area (Å²) in [4.78, 5) is 24.9. The van der Waals surface area contributed by atoms with E-state index in [1.807, 2.05) is 18.2 Å². The molecule has 6 heteroatoms. The SMILES string of the molecule is CNC(=O)NC(=O)CCN(CCCc1ccccc1)CCOC. The molecule has 1 rings (SSSR count). The van der Waals surface area contributed by atoms with Gasteiger partial charge in [0.25, 0.3) is 0 Å². The van der Waals surface area contributed by atoms with Crippen molar-refractivity contribution >= 4 is 11.9 Å². The molecule has 1 aromatic rings. The highest BCUT2D eigenvalue weighted by molar-refractivity contribution is 5.94. The number of aryl methyl sites for hydroxylation is 1. The van der Waals surface area contributed by atoms with Gasteiger partial charge >= 0.3 is 6.03 Å². The summed E-state index contributed by atoms with van der Waals surface area (Å²) in [5.74, 6) is -0.269. The van der Waals surface area contributed by atoms with Crippen LogP contribution in [-0.4, -0.2) is 57.2 Å². The fraction of sp³-hybridized carbons (Fsp3) is 0.529. The Balaban J connectivity index is 2.33. The molecule has 3 amide bonds. The van der Waals surface area contributed by atoms with Crippen LogP contribution in [0.3, 0.4) is 0 Å². The third-order valence-corrected chi connectivity index (χ3v) is 3.53. The lowest BCUT2D eigenvalue weighted by molar-refractivity contribution is -0.120. The molecule has 23 heavy (non-hydrogen) atoms. The third-order valence-electron chi connectivity index (χ3n) is 3.53. The summed E-state index contributed by atoms with van der Waals surface area (Å²) in [7, 11) is 3.15. The van der Waals surface area contributed by atoms with Crippen molar-refractivity contribution in [2.75, 3.05) is 40.4 Å². The number of hydrogen-bond donors (Lipinski definition) is 2. The quantitative estimate of drug-likeness (QED) is 0.684. The molecule has 0 aliphatic carbocycles. The molecule has 0 saturated carbocycles. The van der Waals surface area contributed by atoms with Gasteiger partial charge in [0, 0.05) is 33.7 Å². The lowest BCUT2D eigenvalue weighted by Crippen LogP contribution is -2.39. The highest BCUT2D eigenvalue weighted by Gasteiger charge is 2.10. The average Bonchev–Trinajstić information content (AvgIpc) is 2.57. The molecule has 0 aliphatic heterocycles. The van der Waals surface area contributed by atoms with Crippen LogP contribution >= 0.6 is 0 Å². The summed E-state index contributed by atoms with van der Waals surface area (Å²) in [6.07, 6.45) is 2.32. The second-order valence-electron chi connectivity index (χ2n) is 5.30. The molecule has 0 unspecified atom stereocenters. The topological polar surface area (TPSA) is 70.7 Å². The zero-order valence-electron chi connectivity index (χ0n) is 14.0. The maximum atomic E-state index is 11.7. The maximum Gasteiger partial charge on any atom is 0.321 e. The Hall–Kier alpha value is -1.92. The molecule has 0 saturated heterocycles. The second-order valence-corrected chi connectivity index (χ2v) is 5.30. The highest BCUT2D eigenvalue weighted by Crippen LogP contribution is 2.04. The van der Waals surface area contributed by atoms with Crippen molar-refractivity contribution in [3.05, 3.63) is 35.9 Å². The molecular weight excluding hydrogens is 294 g/mol. The number of ether oxygens (including phenoxy) is 1. The van der Waals surface area contributed by atoms with Crippen molar-refractivity contribution in [1.82, 2.24) is 15.5 Å². The number of hydrogen-bond acceptors (Lipinski definition) is 4. The minimum Gasteiger partial charge on any atom is -0.383 e. The number of carbonyl (C=O) groups excluding carboxylic acids is 2. The summed E-state index contributed by atoms with van der Waals surface area (Å²) >= 11 is 0. The van der Waals surface area contributed by atoms with E-state index in [0.717, 1.165) is 25.9 Å². The first-order chi connectivity index (χ1) is 11.2. The monoisotopic (exact) mass is 321 g/mol. The Labute approximate surface area is 138 Å². The minimum absolute atomic E-state index is 0.269. The number of benzene rings is 1. The van der Waals surface area contributed by atoms with Crippen molar-refractivity contribution in [2.45, 2.75) is 19.3 Å². The first-order valence-electron chi connectivity index (χ1n) is 7.92. The lowest BCUT2D eigenvalue weighted by atomic mass is 10.1. The van der Waals surface area contributed by atoms with Crippen molar-refractivity contribution < 1.29 is 14.3 Å². The van der Waals surface area contributed by atoms with Gasteiger partial charge in [-0.2, -0.15) is 0 Å². The normalized spacial score (nSPS) is 10.6. The largest absolute Gasteiger partial charge is 0.383 e. The standard InChI is InChI=1S/C17H27N3O3/c1-18-17(22)19-16(21)10-12-20(13-14-23-2)11-6-9-15-7-4-3-5-8-15/h3-5,7-8H,6,9-14H2,1-2H3,(H2,18,19,21,22). The first-order valence-corrected chi connectivity index (χ1v) is 7.92. The third kappa shape index (κ3) is 8.95. The van der Waals surface area contributed by atoms with E-state index < -0.39 is 6.03 Å². The number of nitrogens with zero attached hydrogens (tertiary/aromatic N) is 1. The van der Waals surface area contributed by atoms with Gasteiger partial charge in [-0.1, -0.05) is 30.3 Å². The van der Waals surface area contributed by atoms with Crippen molar-refractivity contribution in [3.63, 3.8) is 0 Å². The predicted octanol–water partition coefficient (Wildman–Crippen LogP) is 1.41. The minimum atomic E-state index is -0.470.